The lowest BCUT2D eigenvalue weighted by molar-refractivity contribution is 0.0180. The van der Waals surface area contributed by atoms with Crippen LogP contribution in [-0.4, -0.2) is 24.6 Å². The molecule has 7 heteroatoms. The molecule has 1 aliphatic rings. The summed E-state index contributed by atoms with van der Waals surface area (Å²) in [6, 6.07) is 28.6. The highest BCUT2D eigenvalue weighted by Crippen LogP contribution is 2.45. The Morgan fingerprint density at radius 3 is 2.24 bits per heavy atom. The summed E-state index contributed by atoms with van der Waals surface area (Å²) in [5, 5.41) is 0.903. The molecule has 1 unspecified atom stereocenters. The average Bonchev–Trinajstić information content (AvgIpc) is 3.01. The van der Waals surface area contributed by atoms with Crippen molar-refractivity contribution in [1.29, 1.82) is 0 Å². The van der Waals surface area contributed by atoms with Gasteiger partial charge in [0.25, 0.3) is 0 Å². The summed E-state index contributed by atoms with van der Waals surface area (Å²) in [7, 11) is 0. The van der Waals surface area contributed by atoms with E-state index in [1.54, 1.807) is 6.92 Å². The largest absolute Gasteiger partial charge is 0.491 e. The minimum Gasteiger partial charge on any atom is -0.491 e. The van der Waals surface area contributed by atoms with Crippen LogP contribution in [0, 0.1) is 11.6 Å². The standard InChI is InChI=1S/C35H35ClF2O3S/c1-2-40-34-20-32(37)28(17-33(34)38)16-27-15-26(13-14-31(27)36)35-19-29(41-22-25-11-7-4-8-12-25)18-30(42-35)23-39-21-24-9-5-3-6-10-24/h3-15,17,20,29-30,35H,2,16,18-19,21-23H2,1H3/t29-,30?,35+/m0/s1. The van der Waals surface area contributed by atoms with Crippen molar-refractivity contribution in [3.8, 4) is 5.75 Å². The molecule has 0 spiro atoms. The van der Waals surface area contributed by atoms with Crippen molar-refractivity contribution in [3.63, 3.8) is 0 Å². The van der Waals surface area contributed by atoms with E-state index >= 15 is 0 Å². The quantitative estimate of drug-likeness (QED) is 0.160. The molecule has 0 radical (unpaired) electrons. The Hall–Kier alpha value is -2.90. The Morgan fingerprint density at radius 1 is 0.810 bits per heavy atom. The lowest BCUT2D eigenvalue weighted by Gasteiger charge is -2.35. The highest BCUT2D eigenvalue weighted by atomic mass is 35.5. The van der Waals surface area contributed by atoms with Gasteiger partial charge >= 0.3 is 0 Å². The minimum absolute atomic E-state index is 0.0542. The monoisotopic (exact) mass is 608 g/mol. The lowest BCUT2D eigenvalue weighted by atomic mass is 9.97. The fourth-order valence-corrected chi connectivity index (χ4v) is 6.99. The fraction of sp³-hybridized carbons (Fsp3) is 0.314. The number of rotatable bonds is 12. The smallest absolute Gasteiger partial charge is 0.165 e. The van der Waals surface area contributed by atoms with Gasteiger partial charge in [-0.2, -0.15) is 0 Å². The summed E-state index contributed by atoms with van der Waals surface area (Å²) < 4.78 is 47.2. The van der Waals surface area contributed by atoms with Crippen LogP contribution >= 0.6 is 23.4 Å². The van der Waals surface area contributed by atoms with Crippen LogP contribution in [0.5, 0.6) is 5.75 Å². The second kappa shape index (κ2) is 15.0. The summed E-state index contributed by atoms with van der Waals surface area (Å²) in [4.78, 5) is 0. The third kappa shape index (κ3) is 8.35. The normalized spacial score (nSPS) is 18.6. The van der Waals surface area contributed by atoms with Gasteiger partial charge in [-0.3, -0.25) is 0 Å². The van der Waals surface area contributed by atoms with Gasteiger partial charge in [0.05, 0.1) is 32.5 Å². The number of hydrogen-bond donors (Lipinski definition) is 0. The van der Waals surface area contributed by atoms with Gasteiger partial charge in [0.15, 0.2) is 11.6 Å². The van der Waals surface area contributed by atoms with Crippen LogP contribution in [0.3, 0.4) is 0 Å². The molecule has 5 rings (SSSR count). The van der Waals surface area contributed by atoms with E-state index < -0.39 is 11.6 Å². The van der Waals surface area contributed by atoms with Crippen LogP contribution in [0.2, 0.25) is 5.02 Å². The molecule has 4 aromatic carbocycles. The van der Waals surface area contributed by atoms with Gasteiger partial charge in [0.2, 0.25) is 0 Å². The van der Waals surface area contributed by atoms with Crippen LogP contribution in [-0.2, 0) is 29.1 Å². The molecule has 0 bridgehead atoms. The van der Waals surface area contributed by atoms with Gasteiger partial charge in [-0.15, -0.1) is 11.8 Å². The van der Waals surface area contributed by atoms with Crippen LogP contribution in [0.1, 0.15) is 52.8 Å². The SMILES string of the molecule is CCOc1cc(F)c(Cc2cc([C@H]3C[C@@H](OCc4ccccc4)CC(COCc4ccccc4)S3)ccc2Cl)cc1F. The Balaban J connectivity index is 1.32. The second-order valence-corrected chi connectivity index (χ2v) is 12.4. The summed E-state index contributed by atoms with van der Waals surface area (Å²) in [5.74, 6) is -1.18. The first kappa shape index (κ1) is 30.6. The van der Waals surface area contributed by atoms with Gasteiger partial charge in [-0.1, -0.05) is 84.4 Å². The first-order chi connectivity index (χ1) is 20.5. The maximum Gasteiger partial charge on any atom is 0.165 e. The van der Waals surface area contributed by atoms with Crippen molar-refractivity contribution in [2.24, 2.45) is 0 Å². The molecule has 0 amide bonds. The van der Waals surface area contributed by atoms with Gasteiger partial charge in [-0.25, -0.2) is 8.78 Å². The summed E-state index contributed by atoms with van der Waals surface area (Å²) >= 11 is 8.45. The zero-order valence-corrected chi connectivity index (χ0v) is 25.2. The van der Waals surface area contributed by atoms with E-state index in [0.717, 1.165) is 41.2 Å². The predicted molar refractivity (Wildman–Crippen MR) is 166 cm³/mol. The average molecular weight is 609 g/mol. The van der Waals surface area contributed by atoms with Crippen molar-refractivity contribution in [2.75, 3.05) is 13.2 Å². The van der Waals surface area contributed by atoms with Crippen molar-refractivity contribution < 1.29 is 23.0 Å². The van der Waals surface area contributed by atoms with Crippen LogP contribution in [0.25, 0.3) is 0 Å². The van der Waals surface area contributed by atoms with Gasteiger partial charge in [0.1, 0.15) is 5.82 Å². The molecule has 1 fully saturated rings. The molecule has 3 atom stereocenters. The van der Waals surface area contributed by atoms with Crippen molar-refractivity contribution in [1.82, 2.24) is 0 Å². The zero-order chi connectivity index (χ0) is 29.3. The Morgan fingerprint density at radius 2 is 1.52 bits per heavy atom. The van der Waals surface area contributed by atoms with Crippen molar-refractivity contribution in [2.45, 2.75) is 56.0 Å². The molecule has 1 saturated heterocycles. The van der Waals surface area contributed by atoms with E-state index in [4.69, 9.17) is 25.8 Å². The van der Waals surface area contributed by atoms with Crippen LogP contribution < -0.4 is 4.74 Å². The van der Waals surface area contributed by atoms with Crippen LogP contribution in [0.4, 0.5) is 8.78 Å². The number of hydrogen-bond acceptors (Lipinski definition) is 4. The predicted octanol–water partition coefficient (Wildman–Crippen LogP) is 9.35. The first-order valence-electron chi connectivity index (χ1n) is 14.3. The van der Waals surface area contributed by atoms with E-state index in [1.807, 2.05) is 66.4 Å². The molecule has 1 heterocycles. The molecule has 0 saturated carbocycles. The third-order valence-electron chi connectivity index (χ3n) is 7.33. The molecule has 220 valence electrons. The molecular weight excluding hydrogens is 574 g/mol. The van der Waals surface area contributed by atoms with Gasteiger partial charge in [-0.05, 0) is 59.7 Å². The highest BCUT2D eigenvalue weighted by molar-refractivity contribution is 8.00. The molecule has 3 nitrogen and oxygen atoms in total. The van der Waals surface area contributed by atoms with Crippen molar-refractivity contribution >= 4 is 23.4 Å². The van der Waals surface area contributed by atoms with Crippen LogP contribution in [0.15, 0.2) is 91.0 Å². The maximum absolute atomic E-state index is 14.9. The lowest BCUT2D eigenvalue weighted by Crippen LogP contribution is -2.30. The molecule has 42 heavy (non-hydrogen) atoms. The highest BCUT2D eigenvalue weighted by Gasteiger charge is 2.31. The number of halogens is 3. The molecule has 4 aromatic rings. The number of benzene rings is 4. The van der Waals surface area contributed by atoms with E-state index in [0.29, 0.717) is 24.8 Å². The molecule has 0 aromatic heterocycles. The summed E-state index contributed by atoms with van der Waals surface area (Å²) in [6.45, 7) is 3.72. The fourth-order valence-electron chi connectivity index (χ4n) is 5.21. The number of ether oxygens (including phenoxy) is 3. The number of thioether (sulfide) groups is 1. The zero-order valence-electron chi connectivity index (χ0n) is 23.6. The minimum atomic E-state index is -0.583. The Bertz CT molecular complexity index is 1440. The molecular formula is C35H35ClF2O3S. The summed E-state index contributed by atoms with van der Waals surface area (Å²) in [5.41, 5.74) is 4.37. The van der Waals surface area contributed by atoms with E-state index in [9.17, 15) is 8.78 Å². The topological polar surface area (TPSA) is 27.7 Å². The maximum atomic E-state index is 14.9. The Kier molecular flexibility index (Phi) is 10.9. The second-order valence-electron chi connectivity index (χ2n) is 10.5. The van der Waals surface area contributed by atoms with Crippen molar-refractivity contribution in [3.05, 3.63) is 135 Å². The Labute approximate surface area is 256 Å². The third-order valence-corrected chi connectivity index (χ3v) is 9.20. The summed E-state index contributed by atoms with van der Waals surface area (Å²) in [6.07, 6.45) is 1.95. The molecule has 1 aliphatic heterocycles. The van der Waals surface area contributed by atoms with E-state index in [-0.39, 0.29) is 40.9 Å². The van der Waals surface area contributed by atoms with Gasteiger partial charge < -0.3 is 14.2 Å². The van der Waals surface area contributed by atoms with E-state index in [1.165, 1.54) is 6.07 Å². The molecule has 0 N–H and O–H groups in total. The van der Waals surface area contributed by atoms with Gasteiger partial charge in [0, 0.05) is 28.0 Å². The van der Waals surface area contributed by atoms with E-state index in [2.05, 4.69) is 24.3 Å². The molecule has 0 aliphatic carbocycles. The first-order valence-corrected chi connectivity index (χ1v) is 15.6.